The number of rotatable bonds is 4. The van der Waals surface area contributed by atoms with E-state index in [4.69, 9.17) is 32.7 Å². The highest BCUT2D eigenvalue weighted by Gasteiger charge is 2.27. The van der Waals surface area contributed by atoms with Crippen LogP contribution in [0.3, 0.4) is 0 Å². The molecule has 0 bridgehead atoms. The predicted molar refractivity (Wildman–Crippen MR) is 118 cm³/mol. The van der Waals surface area contributed by atoms with E-state index in [2.05, 4.69) is 10.2 Å². The van der Waals surface area contributed by atoms with Gasteiger partial charge in [0, 0.05) is 35.1 Å². The molecule has 0 unspecified atom stereocenters. The molecule has 1 aliphatic heterocycles. The number of carbonyl (C=O) groups is 2. The molecule has 1 amide bonds. The van der Waals surface area contributed by atoms with E-state index in [1.807, 2.05) is 13.0 Å². The summed E-state index contributed by atoms with van der Waals surface area (Å²) in [5, 5.41) is 13.8. The van der Waals surface area contributed by atoms with Gasteiger partial charge in [0.2, 0.25) is 11.7 Å². The minimum absolute atomic E-state index is 0.0491. The molecule has 0 spiro atoms. The standard InChI is InChI=1S/C22H20Cl2N2O4/c1-12-15-11-20(22(28)29)30-19(15)5-4-18(12)26-8-6-13(7-9-26)21(27)25-17-3-2-14(23)10-16(17)24/h2-5,10-11,13H,6-9H2,1H3,(H,25,27)(H,28,29). The summed E-state index contributed by atoms with van der Waals surface area (Å²) in [7, 11) is 0. The van der Waals surface area contributed by atoms with Crippen LogP contribution in [0.4, 0.5) is 11.4 Å². The normalized spacial score (nSPS) is 14.8. The second kappa shape index (κ2) is 8.20. The van der Waals surface area contributed by atoms with Crippen LogP contribution < -0.4 is 10.2 Å². The Hall–Kier alpha value is -2.70. The summed E-state index contributed by atoms with van der Waals surface area (Å²) in [5.74, 6) is -1.31. The topological polar surface area (TPSA) is 82.8 Å². The van der Waals surface area contributed by atoms with Crippen molar-refractivity contribution in [2.75, 3.05) is 23.3 Å². The monoisotopic (exact) mass is 446 g/mol. The largest absolute Gasteiger partial charge is 0.475 e. The second-order valence-electron chi connectivity index (χ2n) is 7.41. The fraction of sp³-hybridized carbons (Fsp3) is 0.273. The lowest BCUT2D eigenvalue weighted by Gasteiger charge is -2.34. The SMILES string of the molecule is Cc1c(N2CCC(C(=O)Nc3ccc(Cl)cc3Cl)CC2)ccc2oc(C(=O)O)cc12. The van der Waals surface area contributed by atoms with Crippen molar-refractivity contribution in [3.05, 3.63) is 57.8 Å². The lowest BCUT2D eigenvalue weighted by Crippen LogP contribution is -2.38. The summed E-state index contributed by atoms with van der Waals surface area (Å²) < 4.78 is 5.38. The molecule has 2 aromatic carbocycles. The zero-order chi connectivity index (χ0) is 21.4. The number of nitrogens with zero attached hydrogens (tertiary/aromatic N) is 1. The summed E-state index contributed by atoms with van der Waals surface area (Å²) in [4.78, 5) is 26.1. The molecule has 1 aliphatic rings. The second-order valence-corrected chi connectivity index (χ2v) is 8.26. The molecule has 0 aliphatic carbocycles. The van der Waals surface area contributed by atoms with E-state index in [1.54, 1.807) is 30.3 Å². The zero-order valence-electron chi connectivity index (χ0n) is 16.2. The quantitative estimate of drug-likeness (QED) is 0.544. The Morgan fingerprint density at radius 3 is 2.53 bits per heavy atom. The Morgan fingerprint density at radius 1 is 1.13 bits per heavy atom. The summed E-state index contributed by atoms with van der Waals surface area (Å²) in [6.07, 6.45) is 1.42. The molecule has 8 heteroatoms. The van der Waals surface area contributed by atoms with Gasteiger partial charge < -0.3 is 19.7 Å². The van der Waals surface area contributed by atoms with Crippen LogP contribution in [-0.4, -0.2) is 30.1 Å². The lowest BCUT2D eigenvalue weighted by atomic mass is 9.94. The summed E-state index contributed by atoms with van der Waals surface area (Å²) in [5.41, 5.74) is 3.12. The first-order chi connectivity index (χ1) is 14.3. The Labute approximate surface area is 183 Å². The van der Waals surface area contributed by atoms with E-state index >= 15 is 0 Å². The van der Waals surface area contributed by atoms with E-state index in [0.717, 1.165) is 29.7 Å². The van der Waals surface area contributed by atoms with Crippen LogP contribution >= 0.6 is 23.2 Å². The molecule has 0 saturated carbocycles. The van der Waals surface area contributed by atoms with Crippen LogP contribution in [-0.2, 0) is 4.79 Å². The Bertz CT molecular complexity index is 1130. The first-order valence-electron chi connectivity index (χ1n) is 9.61. The number of carboxylic acids is 1. The predicted octanol–water partition coefficient (Wildman–Crippen LogP) is 5.60. The van der Waals surface area contributed by atoms with Crippen LogP contribution in [0.1, 0.15) is 29.0 Å². The Morgan fingerprint density at radius 2 is 1.87 bits per heavy atom. The van der Waals surface area contributed by atoms with Gasteiger partial charge in [-0.15, -0.1) is 0 Å². The molecule has 1 saturated heterocycles. The minimum Gasteiger partial charge on any atom is -0.475 e. The number of benzene rings is 2. The van der Waals surface area contributed by atoms with Crippen molar-refractivity contribution in [1.29, 1.82) is 0 Å². The van der Waals surface area contributed by atoms with E-state index in [0.29, 0.717) is 34.2 Å². The van der Waals surface area contributed by atoms with Crippen molar-refractivity contribution in [1.82, 2.24) is 0 Å². The van der Waals surface area contributed by atoms with Gasteiger partial charge in [-0.05, 0) is 61.7 Å². The maximum atomic E-state index is 12.7. The van der Waals surface area contributed by atoms with Crippen molar-refractivity contribution in [3.63, 3.8) is 0 Å². The third-order valence-electron chi connectivity index (χ3n) is 5.55. The number of hydrogen-bond acceptors (Lipinski definition) is 4. The summed E-state index contributed by atoms with van der Waals surface area (Å²) in [6.45, 7) is 3.41. The number of carbonyl (C=O) groups excluding carboxylic acids is 1. The van der Waals surface area contributed by atoms with Crippen molar-refractivity contribution in [2.45, 2.75) is 19.8 Å². The highest BCUT2D eigenvalue weighted by Crippen LogP contribution is 2.33. The first kappa shape index (κ1) is 20.6. The van der Waals surface area contributed by atoms with E-state index in [9.17, 15) is 9.59 Å². The van der Waals surface area contributed by atoms with E-state index in [1.165, 1.54) is 0 Å². The smallest absolute Gasteiger partial charge is 0.371 e. The highest BCUT2D eigenvalue weighted by molar-refractivity contribution is 6.36. The molecule has 1 fully saturated rings. The molecule has 2 heterocycles. The van der Waals surface area contributed by atoms with Crippen LogP contribution in [0.5, 0.6) is 0 Å². The van der Waals surface area contributed by atoms with Gasteiger partial charge in [-0.1, -0.05) is 23.2 Å². The van der Waals surface area contributed by atoms with Gasteiger partial charge in [0.1, 0.15) is 5.58 Å². The van der Waals surface area contributed by atoms with Gasteiger partial charge in [0.25, 0.3) is 0 Å². The van der Waals surface area contributed by atoms with Gasteiger partial charge in [0.15, 0.2) is 0 Å². The number of fused-ring (bicyclic) bond motifs is 1. The fourth-order valence-corrected chi connectivity index (χ4v) is 4.35. The highest BCUT2D eigenvalue weighted by atomic mass is 35.5. The van der Waals surface area contributed by atoms with Gasteiger partial charge in [-0.25, -0.2) is 4.79 Å². The lowest BCUT2D eigenvalue weighted by molar-refractivity contribution is -0.120. The average Bonchev–Trinajstić information content (AvgIpc) is 3.16. The molecule has 2 N–H and O–H groups in total. The number of nitrogens with one attached hydrogen (secondary N) is 1. The third-order valence-corrected chi connectivity index (χ3v) is 6.10. The number of carboxylic acid groups (broad SMARTS) is 1. The van der Waals surface area contributed by atoms with Crippen molar-refractivity contribution in [3.8, 4) is 0 Å². The zero-order valence-corrected chi connectivity index (χ0v) is 17.8. The van der Waals surface area contributed by atoms with Gasteiger partial charge in [-0.3, -0.25) is 4.79 Å². The minimum atomic E-state index is -1.08. The molecule has 0 radical (unpaired) electrons. The number of aromatic carboxylic acids is 1. The molecule has 30 heavy (non-hydrogen) atoms. The molecule has 156 valence electrons. The summed E-state index contributed by atoms with van der Waals surface area (Å²) in [6, 6.07) is 10.3. The van der Waals surface area contributed by atoms with Gasteiger partial charge >= 0.3 is 5.97 Å². The number of amides is 1. The molecule has 0 atom stereocenters. The Kier molecular flexibility index (Phi) is 5.62. The van der Waals surface area contributed by atoms with Gasteiger partial charge in [0.05, 0.1) is 10.7 Å². The molecule has 3 aromatic rings. The molecule has 4 rings (SSSR count). The number of aryl methyl sites for hydroxylation is 1. The Balaban J connectivity index is 1.44. The van der Waals surface area contributed by atoms with Crippen molar-refractivity contribution >= 4 is 57.4 Å². The average molecular weight is 447 g/mol. The maximum Gasteiger partial charge on any atom is 0.371 e. The number of furan rings is 1. The number of hydrogen-bond donors (Lipinski definition) is 2. The fourth-order valence-electron chi connectivity index (χ4n) is 3.90. The molecular formula is C22H20Cl2N2O4. The third kappa shape index (κ3) is 3.98. The summed E-state index contributed by atoms with van der Waals surface area (Å²) >= 11 is 12.1. The van der Waals surface area contributed by atoms with Crippen LogP contribution in [0, 0.1) is 12.8 Å². The van der Waals surface area contributed by atoms with E-state index in [-0.39, 0.29) is 17.6 Å². The molecule has 1 aromatic heterocycles. The maximum absolute atomic E-state index is 12.7. The molecular weight excluding hydrogens is 427 g/mol. The number of anilines is 2. The van der Waals surface area contributed by atoms with Crippen LogP contribution in [0.15, 0.2) is 40.8 Å². The first-order valence-corrected chi connectivity index (χ1v) is 10.4. The number of halogens is 2. The van der Waals surface area contributed by atoms with Crippen molar-refractivity contribution < 1.29 is 19.1 Å². The van der Waals surface area contributed by atoms with Crippen LogP contribution in [0.25, 0.3) is 11.0 Å². The van der Waals surface area contributed by atoms with Gasteiger partial charge in [-0.2, -0.15) is 0 Å². The van der Waals surface area contributed by atoms with Crippen LogP contribution in [0.2, 0.25) is 10.0 Å². The molecule has 6 nitrogen and oxygen atoms in total. The van der Waals surface area contributed by atoms with E-state index < -0.39 is 5.97 Å². The number of piperidine rings is 1. The van der Waals surface area contributed by atoms with Crippen molar-refractivity contribution in [2.24, 2.45) is 5.92 Å².